The number of hydrogen-bond donors (Lipinski definition) is 5. The summed E-state index contributed by atoms with van der Waals surface area (Å²) in [5.41, 5.74) is 4.76. The van der Waals surface area contributed by atoms with E-state index in [4.69, 9.17) is 87.5 Å². The number of rotatable bonds is 17. The Morgan fingerprint density at radius 2 is 0.808 bits per heavy atom. The number of fused-ring (bicyclic) bond motifs is 8. The van der Waals surface area contributed by atoms with Crippen LogP contribution in [0.4, 0.5) is 26.7 Å². The van der Waals surface area contributed by atoms with E-state index in [-0.39, 0.29) is 139 Å². The van der Waals surface area contributed by atoms with E-state index in [9.17, 15) is 33.3 Å². The summed E-state index contributed by atoms with van der Waals surface area (Å²) >= 11 is 6.17. The number of nitrogens with one attached hydrogen (secondary N) is 1. The maximum absolute atomic E-state index is 15.7. The lowest BCUT2D eigenvalue weighted by Crippen LogP contribution is -2.36. The summed E-state index contributed by atoms with van der Waals surface area (Å²) in [4.78, 5) is 24.3. The zero-order chi connectivity index (χ0) is 112. The third kappa shape index (κ3) is 22.1. The average molecular weight is 1800 g/mol. The SMILES string of the molecule is CC1=Cc2c(ccc(O)c2F)C1.CCC1(NC(=O)OCc2ccccc2)CC1.COc1cc2c(Cl)ccnc2cc1OCc1ccccc1.[2H]C1=C(C([2H])([2H])[2H])Cc2c([2H])c([2H])c(O)c(F)c21.[2H]C1=C(C([2H])([2H])[2H])Cc2c([2H])c([2H])c(O)c(F)c21.[2H]C1=C(C([2H])([2H])[2H])Cc2c([2H])c([2H])c(Oc3ccnc4cc(O)c(OC)cc34)c(F)c21.[2H]C1=C(C([2H])([2H])[2H])Cc2c([2H])c([2H])c(Oc3ccnc4cc(OCc5ccccc5)c(OC)cc34)c(F)c21. The highest BCUT2D eigenvalue weighted by Gasteiger charge is 2.42. The Morgan fingerprint density at radius 1 is 0.415 bits per heavy atom. The van der Waals surface area contributed by atoms with Gasteiger partial charge < -0.3 is 63.6 Å². The van der Waals surface area contributed by atoms with E-state index >= 15 is 8.78 Å². The van der Waals surface area contributed by atoms with Crippen molar-refractivity contribution in [2.45, 2.75) is 118 Å². The molecule has 0 spiro atoms. The normalized spacial score (nSPS) is 16.6. The van der Waals surface area contributed by atoms with E-state index in [1.165, 1.54) is 56.9 Å². The Morgan fingerprint density at radius 3 is 1.25 bits per heavy atom. The first-order valence-corrected chi connectivity index (χ1v) is 40.6. The van der Waals surface area contributed by atoms with Crippen molar-refractivity contribution < 1.29 is 118 Å². The molecule has 1 fully saturated rings. The molecule has 11 aromatic carbocycles. The fourth-order valence-corrected chi connectivity index (χ4v) is 14.1. The topological polar surface area (TPSA) is 223 Å². The highest BCUT2D eigenvalue weighted by molar-refractivity contribution is 6.35. The number of aromatic nitrogens is 3. The summed E-state index contributed by atoms with van der Waals surface area (Å²) in [6.07, 6.45) is 8.81. The molecule has 0 bridgehead atoms. The smallest absolute Gasteiger partial charge is 0.407 e. The van der Waals surface area contributed by atoms with Crippen LogP contribution in [0.1, 0.15) is 166 Å². The Hall–Kier alpha value is -14.6. The van der Waals surface area contributed by atoms with Crippen LogP contribution in [-0.2, 0) is 56.7 Å². The zero-order valence-corrected chi connectivity index (χ0v) is 70.9. The van der Waals surface area contributed by atoms with Crippen molar-refractivity contribution in [3.63, 3.8) is 0 Å². The second kappa shape index (κ2) is 41.4. The lowest BCUT2D eigenvalue weighted by Gasteiger charge is -2.15. The molecule has 20 rings (SSSR count). The van der Waals surface area contributed by atoms with Crippen LogP contribution in [0.3, 0.4) is 0 Å². The predicted octanol–water partition coefficient (Wildman–Crippen LogP) is 26.4. The minimum absolute atomic E-state index is 0.00237. The molecule has 6 aliphatic rings. The number of methoxy groups -OCH3 is 3. The van der Waals surface area contributed by atoms with Crippen LogP contribution in [-0.4, -0.2) is 68.3 Å². The Kier molecular flexibility index (Phi) is 20.7. The van der Waals surface area contributed by atoms with Gasteiger partial charge in [-0.05, 0) is 197 Å². The number of alkyl carbamates (subject to hydrolysis) is 1. The largest absolute Gasteiger partial charge is 0.505 e. The number of pyridine rings is 3. The number of benzene rings is 11. The van der Waals surface area contributed by atoms with Gasteiger partial charge >= 0.3 is 6.09 Å². The summed E-state index contributed by atoms with van der Waals surface area (Å²) in [5, 5.41) is 42.9. The second-order valence-corrected chi connectivity index (χ2v) is 30.3. The van der Waals surface area contributed by atoms with Crippen molar-refractivity contribution >= 4 is 80.7 Å². The van der Waals surface area contributed by atoms with Crippen molar-refractivity contribution in [1.29, 1.82) is 0 Å². The van der Waals surface area contributed by atoms with Crippen molar-refractivity contribution in [3.8, 4) is 74.7 Å². The lowest BCUT2D eigenvalue weighted by molar-refractivity contribution is 0.134. The fraction of sp³-hybridized carbons (Fsp3) is 0.196. The van der Waals surface area contributed by atoms with Crippen molar-refractivity contribution in [2.24, 2.45) is 0 Å². The molecule has 14 aromatic rings. The predicted molar refractivity (Wildman–Crippen MR) is 499 cm³/mol. The van der Waals surface area contributed by atoms with E-state index < -0.39 is 146 Å². The van der Waals surface area contributed by atoms with E-state index in [2.05, 4.69) is 27.2 Å². The molecular formula is C107H96ClF5N4O13. The third-order valence-electron chi connectivity index (χ3n) is 20.8. The summed E-state index contributed by atoms with van der Waals surface area (Å²) in [6.45, 7) is -5.17. The van der Waals surface area contributed by atoms with Crippen LogP contribution in [0, 0.1) is 29.1 Å². The number of ether oxygens (including phenoxy) is 8. The number of phenols is 4. The van der Waals surface area contributed by atoms with Crippen LogP contribution in [0.2, 0.25) is 5.02 Å². The van der Waals surface area contributed by atoms with Crippen molar-refractivity contribution in [3.05, 3.63) is 359 Å². The molecular weight excluding hydrogens is 1680 g/mol. The molecule has 0 saturated heterocycles. The first-order valence-electron chi connectivity index (χ1n) is 52.2. The summed E-state index contributed by atoms with van der Waals surface area (Å²) in [5.74, 6) is -6.16. The van der Waals surface area contributed by atoms with E-state index in [1.807, 2.05) is 110 Å². The van der Waals surface area contributed by atoms with E-state index in [0.717, 1.165) is 64.4 Å². The van der Waals surface area contributed by atoms with Crippen LogP contribution in [0.5, 0.6) is 74.7 Å². The highest BCUT2D eigenvalue weighted by atomic mass is 35.5. The number of allylic oxidation sites excluding steroid dienone is 5. The van der Waals surface area contributed by atoms with Gasteiger partial charge in [-0.25, -0.2) is 26.7 Å². The van der Waals surface area contributed by atoms with Gasteiger partial charge in [0.05, 0.1) is 59.4 Å². The van der Waals surface area contributed by atoms with Crippen molar-refractivity contribution in [2.75, 3.05) is 21.3 Å². The van der Waals surface area contributed by atoms with Gasteiger partial charge in [-0.15, -0.1) is 0 Å². The summed E-state index contributed by atoms with van der Waals surface area (Å²) < 4.78 is 300. The molecule has 0 atom stereocenters. The van der Waals surface area contributed by atoms with Gasteiger partial charge in [-0.1, -0.05) is 198 Å². The van der Waals surface area contributed by atoms with Crippen LogP contribution >= 0.6 is 11.6 Å². The first kappa shape index (κ1) is 65.0. The van der Waals surface area contributed by atoms with Crippen LogP contribution in [0.25, 0.3) is 63.0 Å². The summed E-state index contributed by atoms with van der Waals surface area (Å²) in [6, 6.07) is 40.7. The lowest BCUT2D eigenvalue weighted by atomic mass is 10.1. The number of carbonyl (C=O) groups excluding carboxylic acids is 1. The molecule has 3 aromatic heterocycles. The molecule has 6 aliphatic carbocycles. The molecule has 1 amide bonds. The zero-order valence-electron chi connectivity index (χ0n) is 94.2. The molecule has 0 unspecified atom stereocenters. The minimum Gasteiger partial charge on any atom is -0.505 e. The number of halogens is 6. The molecule has 3 heterocycles. The molecule has 17 nitrogen and oxygen atoms in total. The van der Waals surface area contributed by atoms with Crippen molar-refractivity contribution in [1.82, 2.24) is 20.3 Å². The maximum atomic E-state index is 15.7. The molecule has 23 heteroatoms. The van der Waals surface area contributed by atoms with Gasteiger partial charge in [0.15, 0.2) is 92.3 Å². The van der Waals surface area contributed by atoms with Gasteiger partial charge in [0.25, 0.3) is 0 Å². The molecule has 5 N–H and O–H groups in total. The van der Waals surface area contributed by atoms with Crippen LogP contribution < -0.4 is 38.5 Å². The van der Waals surface area contributed by atoms with Gasteiger partial charge in [0.1, 0.15) is 31.3 Å². The number of aromatic hydroxyl groups is 4. The Labute approximate surface area is 789 Å². The summed E-state index contributed by atoms with van der Waals surface area (Å²) in [7, 11) is 4.45. The third-order valence-corrected chi connectivity index (χ3v) is 21.1. The standard InChI is InChI=1S/C27H22FNO3.C20H16FNO3.C17H14ClNO2.C13H17NO2.3C10H9FO/c1-17-12-19-8-9-24(27(28)20(19)13-17)32-23-10-11-29-22-15-26(25(30-2)14-21(22)23)31-16-18-6-4-3-5-7-18;1-11-7-12-3-4-18(20(21)13(12)8-11)25-17-5-6-22-15-10-16(23)19(24-2)9-14(15)17;1-20-16-9-13-14(18)7-8-19-15(13)10-17(16)21-11-12-5-3-2-4-6-12;1-2-13(8-9-13)14-12(15)16-10-11-6-4-3-5-7-11;3*1-6-4-7-2-3-9(12)10(11)8(7)5-6/h3-11,13-15H,12,16H2,1-2H3;3-6,8-10,23H,7H2,1-2H3;2-10H,11H2,1H3;3-7H,2,8-10H2,1H3,(H,14,15);3*2-3,5,12H,4H2,1H3/i1D3,8D,9D,13D;1D3,3D,4D,8D;;;2*1D3,2D,3D,5D;. The molecule has 0 aliphatic heterocycles. The average Bonchev–Trinajstić information content (AvgIpc) is 1.56. The van der Waals surface area contributed by atoms with Crippen LogP contribution in [0.15, 0.2) is 253 Å². The maximum Gasteiger partial charge on any atom is 0.407 e. The molecule has 1 saturated carbocycles. The number of carbonyl (C=O) groups is 1. The highest BCUT2D eigenvalue weighted by Crippen LogP contribution is 2.45. The van der Waals surface area contributed by atoms with E-state index in [1.54, 1.807) is 43.6 Å². The number of hydrogen-bond acceptors (Lipinski definition) is 16. The molecule has 130 heavy (non-hydrogen) atoms. The molecule has 664 valence electrons. The monoisotopic (exact) mass is 1800 g/mol. The molecule has 0 radical (unpaired) electrons. The van der Waals surface area contributed by atoms with Gasteiger partial charge in [-0.2, -0.15) is 0 Å². The number of nitrogens with zero attached hydrogens (tertiary/aromatic N) is 3. The number of phenolic OH excluding ortho intramolecular Hbond substituents is 4. The van der Waals surface area contributed by atoms with Gasteiger partial charge in [0.2, 0.25) is 0 Å². The Balaban J connectivity index is 0.000000145. The Bertz CT molecular complexity index is 7880. The van der Waals surface area contributed by atoms with Gasteiger partial charge in [0, 0.05) is 103 Å². The minimum atomic E-state index is -2.61. The second-order valence-electron chi connectivity index (χ2n) is 29.9. The number of amides is 1. The van der Waals surface area contributed by atoms with E-state index in [0.29, 0.717) is 75.2 Å². The quantitative estimate of drug-likeness (QED) is 0.0535. The first-order chi connectivity index (χ1) is 72.6. The van der Waals surface area contributed by atoms with Gasteiger partial charge in [-0.3, -0.25) is 15.0 Å². The fourth-order valence-electron chi connectivity index (χ4n) is 13.9.